The first-order valence-electron chi connectivity index (χ1n) is 13.2. The third-order valence-electron chi connectivity index (χ3n) is 7.75. The molecule has 3 heterocycles. The molecule has 1 saturated heterocycles. The Balaban J connectivity index is 1.66. The van der Waals surface area contributed by atoms with E-state index in [1.807, 2.05) is 57.2 Å². The molecule has 196 valence electrons. The van der Waals surface area contributed by atoms with Crippen LogP contribution in [0.2, 0.25) is 0 Å². The number of aromatic nitrogens is 1. The second-order valence-corrected chi connectivity index (χ2v) is 11.1. The van der Waals surface area contributed by atoms with Gasteiger partial charge >= 0.3 is 0 Å². The molecule has 0 spiro atoms. The molecule has 0 radical (unpaired) electrons. The van der Waals surface area contributed by atoms with Gasteiger partial charge in [0.05, 0.1) is 25.5 Å². The Kier molecular flexibility index (Phi) is 6.42. The summed E-state index contributed by atoms with van der Waals surface area (Å²) in [6.07, 6.45) is 0.882. The van der Waals surface area contributed by atoms with Crippen molar-refractivity contribution in [2.75, 3.05) is 26.7 Å². The van der Waals surface area contributed by atoms with Crippen LogP contribution in [-0.2, 0) is 15.1 Å². The number of rotatable bonds is 7. The van der Waals surface area contributed by atoms with Crippen molar-refractivity contribution in [3.8, 4) is 11.5 Å². The van der Waals surface area contributed by atoms with Gasteiger partial charge in [0.25, 0.3) is 5.91 Å². The van der Waals surface area contributed by atoms with Crippen LogP contribution in [0.25, 0.3) is 10.9 Å². The van der Waals surface area contributed by atoms with Gasteiger partial charge in [-0.3, -0.25) is 9.59 Å². The van der Waals surface area contributed by atoms with Crippen molar-refractivity contribution in [1.29, 1.82) is 0 Å². The van der Waals surface area contributed by atoms with Crippen molar-refractivity contribution in [3.05, 3.63) is 59.3 Å². The molecule has 1 N–H and O–H groups in total. The van der Waals surface area contributed by atoms with Crippen LogP contribution in [0.3, 0.4) is 0 Å². The lowest BCUT2D eigenvalue weighted by Gasteiger charge is -2.51. The molecule has 2 aromatic carbocycles. The van der Waals surface area contributed by atoms with Gasteiger partial charge in [-0.05, 0) is 62.4 Å². The molecule has 7 nitrogen and oxygen atoms in total. The highest BCUT2D eigenvalue weighted by Gasteiger charge is 2.56. The molecule has 0 bridgehead atoms. The Labute approximate surface area is 218 Å². The predicted octanol–water partition coefficient (Wildman–Crippen LogP) is 5.04. The first-order chi connectivity index (χ1) is 17.6. The third kappa shape index (κ3) is 4.14. The van der Waals surface area contributed by atoms with Crippen molar-refractivity contribution in [2.45, 2.75) is 58.6 Å². The van der Waals surface area contributed by atoms with E-state index < -0.39 is 5.54 Å². The largest absolute Gasteiger partial charge is 0.493 e. The molecule has 37 heavy (non-hydrogen) atoms. The Morgan fingerprint density at radius 1 is 1.08 bits per heavy atom. The van der Waals surface area contributed by atoms with E-state index in [4.69, 9.17) is 9.47 Å². The van der Waals surface area contributed by atoms with Gasteiger partial charge < -0.3 is 24.3 Å². The van der Waals surface area contributed by atoms with Gasteiger partial charge in [-0.25, -0.2) is 0 Å². The number of nitrogens with one attached hydrogen (secondary N) is 1. The maximum absolute atomic E-state index is 14.0. The van der Waals surface area contributed by atoms with Gasteiger partial charge in [-0.1, -0.05) is 38.1 Å². The highest BCUT2D eigenvalue weighted by Crippen LogP contribution is 2.49. The number of amides is 2. The fraction of sp³-hybridized carbons (Fsp3) is 0.467. The third-order valence-corrected chi connectivity index (χ3v) is 7.75. The molecule has 0 aliphatic carbocycles. The minimum Gasteiger partial charge on any atom is -0.493 e. The van der Waals surface area contributed by atoms with E-state index in [1.54, 1.807) is 16.9 Å². The van der Waals surface area contributed by atoms with Gasteiger partial charge in [0, 0.05) is 29.9 Å². The minimum absolute atomic E-state index is 0.0164. The zero-order chi connectivity index (χ0) is 26.5. The van der Waals surface area contributed by atoms with E-state index in [2.05, 4.69) is 24.9 Å². The summed E-state index contributed by atoms with van der Waals surface area (Å²) < 4.78 is 11.6. The van der Waals surface area contributed by atoms with Gasteiger partial charge in [-0.15, -0.1) is 0 Å². The predicted molar refractivity (Wildman–Crippen MR) is 144 cm³/mol. The van der Waals surface area contributed by atoms with Crippen LogP contribution >= 0.6 is 0 Å². The molecule has 2 atom stereocenters. The average molecular weight is 504 g/mol. The van der Waals surface area contributed by atoms with E-state index in [1.165, 1.54) is 0 Å². The van der Waals surface area contributed by atoms with Crippen molar-refractivity contribution >= 4 is 22.7 Å². The number of H-pyrrole nitrogens is 1. The molecule has 0 unspecified atom stereocenters. The lowest BCUT2D eigenvalue weighted by Crippen LogP contribution is -2.67. The van der Waals surface area contributed by atoms with Gasteiger partial charge in [-0.2, -0.15) is 0 Å². The van der Waals surface area contributed by atoms with Crippen molar-refractivity contribution in [3.63, 3.8) is 0 Å². The van der Waals surface area contributed by atoms with E-state index in [-0.39, 0.29) is 30.4 Å². The molecular formula is C30H37N3O4. The van der Waals surface area contributed by atoms with Gasteiger partial charge in [0.2, 0.25) is 5.91 Å². The highest BCUT2D eigenvalue weighted by atomic mass is 16.5. The van der Waals surface area contributed by atoms with E-state index >= 15 is 0 Å². The van der Waals surface area contributed by atoms with E-state index in [0.717, 1.165) is 34.1 Å². The smallest absolute Gasteiger partial charge is 0.254 e. The number of para-hydroxylation sites is 1. The van der Waals surface area contributed by atoms with Crippen molar-refractivity contribution < 1.29 is 19.1 Å². The topological polar surface area (TPSA) is 74.9 Å². The molecule has 7 heteroatoms. The van der Waals surface area contributed by atoms with Crippen LogP contribution in [0, 0.1) is 5.92 Å². The van der Waals surface area contributed by atoms with Crippen LogP contribution in [0.4, 0.5) is 0 Å². The SMILES string of the molecule is COc1cc([C@H]2CN3C(=O)CN(CCC(C)C)C(=O)[C@]3(C)c3[nH]c4ccccc4c32)ccc1OC(C)C. The summed E-state index contributed by atoms with van der Waals surface area (Å²) in [5.74, 6) is 1.63. The van der Waals surface area contributed by atoms with Crippen LogP contribution < -0.4 is 9.47 Å². The molecule has 1 aromatic heterocycles. The lowest BCUT2D eigenvalue weighted by molar-refractivity contribution is -0.166. The number of carbonyl (C=O) groups excluding carboxylic acids is 2. The summed E-state index contributed by atoms with van der Waals surface area (Å²) in [6.45, 7) is 11.3. The highest BCUT2D eigenvalue weighted by molar-refractivity contribution is 6.01. The van der Waals surface area contributed by atoms with E-state index in [0.29, 0.717) is 30.5 Å². The van der Waals surface area contributed by atoms with Crippen LogP contribution in [-0.4, -0.2) is 59.4 Å². The number of benzene rings is 2. The molecular weight excluding hydrogens is 466 g/mol. The molecule has 2 aliphatic rings. The molecule has 5 rings (SSSR count). The molecule has 0 saturated carbocycles. The summed E-state index contributed by atoms with van der Waals surface area (Å²) >= 11 is 0. The number of nitrogens with zero attached hydrogens (tertiary/aromatic N) is 2. The van der Waals surface area contributed by atoms with Crippen LogP contribution in [0.1, 0.15) is 63.8 Å². The Bertz CT molecular complexity index is 1340. The second-order valence-electron chi connectivity index (χ2n) is 11.1. The minimum atomic E-state index is -1.08. The lowest BCUT2D eigenvalue weighted by atomic mass is 9.76. The molecule has 2 aliphatic heterocycles. The first kappa shape index (κ1) is 25.2. The maximum atomic E-state index is 14.0. The monoisotopic (exact) mass is 503 g/mol. The summed E-state index contributed by atoms with van der Waals surface area (Å²) in [5, 5.41) is 1.07. The summed E-state index contributed by atoms with van der Waals surface area (Å²) in [5.41, 5.74) is 2.78. The molecule has 2 amide bonds. The fourth-order valence-corrected chi connectivity index (χ4v) is 5.82. The normalized spacial score (nSPS) is 21.6. The summed E-state index contributed by atoms with van der Waals surface area (Å²) in [7, 11) is 1.64. The number of hydrogen-bond donors (Lipinski definition) is 1. The Morgan fingerprint density at radius 2 is 1.84 bits per heavy atom. The number of ether oxygens (including phenoxy) is 2. The number of aromatic amines is 1. The fourth-order valence-electron chi connectivity index (χ4n) is 5.82. The number of piperazine rings is 1. The summed E-state index contributed by atoms with van der Waals surface area (Å²) in [6, 6.07) is 14.1. The molecule has 3 aromatic rings. The van der Waals surface area contributed by atoms with Gasteiger partial charge in [0.1, 0.15) is 0 Å². The van der Waals surface area contributed by atoms with Crippen LogP contribution in [0.15, 0.2) is 42.5 Å². The van der Waals surface area contributed by atoms with Crippen LogP contribution in [0.5, 0.6) is 11.5 Å². The molecule has 1 fully saturated rings. The standard InChI is InChI=1S/C30H37N3O4/c1-18(2)13-14-32-17-26(34)33-16-22(20-11-12-24(37-19(3)4)25(15-20)36-6)27-21-9-7-8-10-23(21)31-28(27)30(33,5)29(32)35/h7-12,15,18-19,22,31H,13-14,16-17H2,1-6H3/t22-,30+/m1/s1. The summed E-state index contributed by atoms with van der Waals surface area (Å²) in [4.78, 5) is 34.7. The zero-order valence-electron chi connectivity index (χ0n) is 22.6. The number of fused-ring (bicyclic) bond motifs is 5. The maximum Gasteiger partial charge on any atom is 0.254 e. The van der Waals surface area contributed by atoms with Crippen molar-refractivity contribution in [2.24, 2.45) is 5.92 Å². The Hall–Kier alpha value is -3.48. The quantitative estimate of drug-likeness (QED) is 0.490. The van der Waals surface area contributed by atoms with Crippen molar-refractivity contribution in [1.82, 2.24) is 14.8 Å². The average Bonchev–Trinajstić information content (AvgIpc) is 3.26. The zero-order valence-corrected chi connectivity index (χ0v) is 22.6. The van der Waals surface area contributed by atoms with E-state index in [9.17, 15) is 9.59 Å². The number of carbonyl (C=O) groups is 2. The number of methoxy groups -OCH3 is 1. The Morgan fingerprint density at radius 3 is 2.54 bits per heavy atom. The first-order valence-corrected chi connectivity index (χ1v) is 13.2. The number of hydrogen-bond acceptors (Lipinski definition) is 4. The second kappa shape index (κ2) is 9.43. The van der Waals surface area contributed by atoms with Gasteiger partial charge in [0.15, 0.2) is 17.0 Å².